The average Bonchev–Trinajstić information content (AvgIpc) is 3.44. The molecule has 3 unspecified atom stereocenters. The molecule has 0 aliphatic carbocycles. The molecule has 3 N–H and O–H groups in total. The molecule has 3 atom stereocenters. The summed E-state index contributed by atoms with van der Waals surface area (Å²) in [6, 6.07) is 0. The van der Waals surface area contributed by atoms with Crippen LogP contribution in [-0.4, -0.2) is 30.3 Å². The first-order valence-corrected chi connectivity index (χ1v) is 10.4. The quantitative estimate of drug-likeness (QED) is 0.220. The van der Waals surface area contributed by atoms with E-state index in [1.165, 1.54) is 0 Å². The number of hydrogen-bond acceptors (Lipinski definition) is 4. The van der Waals surface area contributed by atoms with Crippen LogP contribution < -0.4 is 5.73 Å². The molecule has 0 aromatic carbocycles. The van der Waals surface area contributed by atoms with Crippen LogP contribution in [0.5, 0.6) is 0 Å². The van der Waals surface area contributed by atoms with Crippen molar-refractivity contribution in [2.24, 2.45) is 5.73 Å². The van der Waals surface area contributed by atoms with Gasteiger partial charge in [-0.15, -0.1) is 0 Å². The predicted octanol–water partition coefficient (Wildman–Crippen LogP) is 5.09. The number of allylic oxidation sites excluding steroid dienone is 11. The number of hydrogen-bond donors (Lipinski definition) is 2. The van der Waals surface area contributed by atoms with Crippen LogP contribution in [0, 0.1) is 0 Å². The van der Waals surface area contributed by atoms with Gasteiger partial charge in [-0.3, -0.25) is 0 Å². The molecule has 1 heterocycles. The number of ether oxygens (including phenoxy) is 2. The van der Waals surface area contributed by atoms with E-state index >= 15 is 0 Å². The maximum Gasteiger partial charge on any atom is 0.187 e. The van der Waals surface area contributed by atoms with Crippen molar-refractivity contribution in [1.82, 2.24) is 0 Å². The van der Waals surface area contributed by atoms with Crippen LogP contribution in [0.3, 0.4) is 0 Å². The van der Waals surface area contributed by atoms with Crippen molar-refractivity contribution in [3.63, 3.8) is 0 Å². The summed E-state index contributed by atoms with van der Waals surface area (Å²) in [7, 11) is 0. The first kappa shape index (κ1) is 24.3. The van der Waals surface area contributed by atoms with Gasteiger partial charge in [0.05, 0.1) is 0 Å². The molecule has 1 rings (SSSR count). The largest absolute Gasteiger partial charge is 0.367 e. The Kier molecular flexibility index (Phi) is 15.1. The van der Waals surface area contributed by atoms with Crippen LogP contribution in [0.15, 0.2) is 72.9 Å². The monoisotopic (exact) mass is 387 g/mol. The molecule has 0 amide bonds. The third kappa shape index (κ3) is 14.4. The predicted molar refractivity (Wildman–Crippen MR) is 118 cm³/mol. The molecule has 0 spiro atoms. The summed E-state index contributed by atoms with van der Waals surface area (Å²) in [5, 5.41) is 9.25. The smallest absolute Gasteiger partial charge is 0.187 e. The minimum Gasteiger partial charge on any atom is -0.367 e. The lowest BCUT2D eigenvalue weighted by molar-refractivity contribution is -0.125. The minimum atomic E-state index is -0.930. The molecular weight excluding hydrogens is 350 g/mol. The van der Waals surface area contributed by atoms with Gasteiger partial charge in [-0.1, -0.05) is 79.8 Å². The van der Waals surface area contributed by atoms with Gasteiger partial charge in [0.1, 0.15) is 6.10 Å². The number of epoxide rings is 1. The topological polar surface area (TPSA) is 68.0 Å². The Bertz CT molecular complexity index is 546. The van der Waals surface area contributed by atoms with Gasteiger partial charge in [0.2, 0.25) is 0 Å². The van der Waals surface area contributed by atoms with Crippen molar-refractivity contribution in [1.29, 1.82) is 0 Å². The van der Waals surface area contributed by atoms with Crippen molar-refractivity contribution in [3.8, 4) is 0 Å². The van der Waals surface area contributed by atoms with Crippen LogP contribution in [-0.2, 0) is 9.47 Å². The molecule has 1 saturated heterocycles. The van der Waals surface area contributed by atoms with Gasteiger partial charge in [0, 0.05) is 6.54 Å². The third-order valence-electron chi connectivity index (χ3n) is 3.99. The van der Waals surface area contributed by atoms with E-state index in [4.69, 9.17) is 15.2 Å². The zero-order valence-electron chi connectivity index (χ0n) is 17.2. The molecule has 156 valence electrons. The lowest BCUT2D eigenvalue weighted by Gasteiger charge is -2.05. The van der Waals surface area contributed by atoms with Gasteiger partial charge in [-0.05, 0) is 44.9 Å². The fourth-order valence-corrected chi connectivity index (χ4v) is 2.38. The fraction of sp³-hybridized carbons (Fsp3) is 0.500. The second kappa shape index (κ2) is 17.4. The van der Waals surface area contributed by atoms with Crippen LogP contribution >= 0.6 is 0 Å². The Morgan fingerprint density at radius 1 is 0.786 bits per heavy atom. The van der Waals surface area contributed by atoms with Crippen molar-refractivity contribution in [2.45, 2.75) is 70.6 Å². The van der Waals surface area contributed by atoms with Crippen molar-refractivity contribution < 1.29 is 14.6 Å². The molecule has 0 aromatic heterocycles. The summed E-state index contributed by atoms with van der Waals surface area (Å²) >= 11 is 0. The van der Waals surface area contributed by atoms with E-state index in [1.54, 1.807) is 0 Å². The molecular formula is C24H37NO3. The van der Waals surface area contributed by atoms with Gasteiger partial charge in [-0.25, -0.2) is 0 Å². The summed E-state index contributed by atoms with van der Waals surface area (Å²) in [5.74, 6) is 0. The summed E-state index contributed by atoms with van der Waals surface area (Å²) in [4.78, 5) is 0. The number of aliphatic hydroxyl groups excluding tert-OH is 1. The Balaban J connectivity index is 1.93. The Hall–Kier alpha value is -1.72. The van der Waals surface area contributed by atoms with Gasteiger partial charge >= 0.3 is 0 Å². The van der Waals surface area contributed by atoms with E-state index in [2.05, 4.69) is 79.8 Å². The zero-order valence-corrected chi connectivity index (χ0v) is 17.2. The van der Waals surface area contributed by atoms with E-state index in [0.717, 1.165) is 44.9 Å². The second-order valence-corrected chi connectivity index (χ2v) is 6.52. The third-order valence-corrected chi connectivity index (χ3v) is 3.99. The van der Waals surface area contributed by atoms with E-state index in [1.807, 2.05) is 0 Å². The van der Waals surface area contributed by atoms with Gasteiger partial charge in [-0.2, -0.15) is 0 Å². The second-order valence-electron chi connectivity index (χ2n) is 6.52. The molecule has 4 heteroatoms. The molecule has 1 fully saturated rings. The SMILES string of the molecule is CC/C=C\C/C=C\C/C=C\C/C=C\C/C=C\C/C=C\CC1OC1OC(O)CN. The van der Waals surface area contributed by atoms with Crippen LogP contribution in [0.1, 0.15) is 51.9 Å². The fourth-order valence-electron chi connectivity index (χ4n) is 2.38. The molecule has 1 aliphatic heterocycles. The Morgan fingerprint density at radius 3 is 1.64 bits per heavy atom. The molecule has 28 heavy (non-hydrogen) atoms. The van der Waals surface area contributed by atoms with Gasteiger partial charge < -0.3 is 20.3 Å². The first-order valence-electron chi connectivity index (χ1n) is 10.4. The van der Waals surface area contributed by atoms with Crippen LogP contribution in [0.4, 0.5) is 0 Å². The van der Waals surface area contributed by atoms with Crippen molar-refractivity contribution in [2.75, 3.05) is 6.54 Å². The maximum absolute atomic E-state index is 9.25. The summed E-state index contributed by atoms with van der Waals surface area (Å²) < 4.78 is 10.4. The van der Waals surface area contributed by atoms with Crippen LogP contribution in [0.2, 0.25) is 0 Å². The normalized spacial score (nSPS) is 21.5. The number of rotatable bonds is 16. The highest BCUT2D eigenvalue weighted by Crippen LogP contribution is 2.27. The molecule has 0 aromatic rings. The van der Waals surface area contributed by atoms with E-state index in [9.17, 15) is 5.11 Å². The molecule has 4 nitrogen and oxygen atoms in total. The average molecular weight is 388 g/mol. The van der Waals surface area contributed by atoms with Crippen LogP contribution in [0.25, 0.3) is 0 Å². The molecule has 0 radical (unpaired) electrons. The van der Waals surface area contributed by atoms with Gasteiger partial charge in [0.15, 0.2) is 12.6 Å². The summed E-state index contributed by atoms with van der Waals surface area (Å²) in [6.45, 7) is 2.24. The Labute approximate surface area is 170 Å². The maximum atomic E-state index is 9.25. The number of aliphatic hydroxyl groups is 1. The van der Waals surface area contributed by atoms with Crippen molar-refractivity contribution in [3.05, 3.63) is 72.9 Å². The molecule has 0 bridgehead atoms. The highest BCUT2D eigenvalue weighted by atomic mass is 16.8. The molecule has 1 aliphatic rings. The first-order chi connectivity index (χ1) is 13.8. The van der Waals surface area contributed by atoms with E-state index in [0.29, 0.717) is 0 Å². The lowest BCUT2D eigenvalue weighted by atomic mass is 10.2. The van der Waals surface area contributed by atoms with Gasteiger partial charge in [0.25, 0.3) is 0 Å². The Morgan fingerprint density at radius 2 is 1.21 bits per heavy atom. The highest BCUT2D eigenvalue weighted by molar-refractivity contribution is 5.02. The lowest BCUT2D eigenvalue weighted by Crippen LogP contribution is -2.24. The zero-order chi connectivity index (χ0) is 20.3. The van der Waals surface area contributed by atoms with E-state index in [-0.39, 0.29) is 18.9 Å². The number of nitrogens with two attached hydrogens (primary N) is 1. The van der Waals surface area contributed by atoms with E-state index < -0.39 is 6.29 Å². The summed E-state index contributed by atoms with van der Waals surface area (Å²) in [5.41, 5.74) is 5.28. The minimum absolute atomic E-state index is 0.0470. The standard InChI is InChI=1S/C24H37NO3/c1-2-3-4-5-6-7-8-9-10-11-12-13-14-15-16-17-18-19-20-22-24(27-22)28-23(26)21-25/h3-4,6-7,9-10,12-13,15-16,18-19,22-24,26H,2,5,8,11,14,17,20-21,25H2,1H3/b4-3-,7-6-,10-9-,13-12-,16-15-,19-18-. The molecule has 0 saturated carbocycles. The summed E-state index contributed by atoms with van der Waals surface area (Å²) in [6.07, 6.45) is 31.8. The highest BCUT2D eigenvalue weighted by Gasteiger charge is 2.40. The van der Waals surface area contributed by atoms with Crippen molar-refractivity contribution >= 4 is 0 Å².